The Balaban J connectivity index is 2.13. The monoisotopic (exact) mass is 254 g/mol. The first-order chi connectivity index (χ1) is 9.18. The summed E-state index contributed by atoms with van der Waals surface area (Å²) in [4.78, 5) is 24.1. The number of aliphatic hydroxyl groups is 1. The molecule has 1 unspecified atom stereocenters. The molecule has 4 heteroatoms. The van der Waals surface area contributed by atoms with E-state index >= 15 is 0 Å². The standard InChI is InChI=1S/C15H10O4/c16-13(9-5-2-1-3-6-9)10-7-4-8-11-12(10)15(18)19-14(11)17/h1-8,14,17H. The molecule has 0 spiro atoms. The predicted octanol–water partition coefficient (Wildman–Crippen LogP) is 2.08. The zero-order chi connectivity index (χ0) is 13.4. The third-order valence-corrected chi connectivity index (χ3v) is 3.07. The number of aliphatic hydroxyl groups excluding tert-OH is 1. The highest BCUT2D eigenvalue weighted by atomic mass is 16.6. The number of carbonyl (C=O) groups is 2. The van der Waals surface area contributed by atoms with Gasteiger partial charge >= 0.3 is 5.97 Å². The highest BCUT2D eigenvalue weighted by Gasteiger charge is 2.33. The number of cyclic esters (lactones) is 1. The molecule has 1 atom stereocenters. The van der Waals surface area contributed by atoms with Crippen LogP contribution in [0.25, 0.3) is 0 Å². The Bertz CT molecular complexity index is 661. The van der Waals surface area contributed by atoms with E-state index in [1.807, 2.05) is 6.07 Å². The van der Waals surface area contributed by atoms with Gasteiger partial charge in [-0.2, -0.15) is 0 Å². The zero-order valence-electron chi connectivity index (χ0n) is 9.87. The molecule has 1 N–H and O–H groups in total. The number of hydrogen-bond donors (Lipinski definition) is 1. The summed E-state index contributed by atoms with van der Waals surface area (Å²) >= 11 is 0. The van der Waals surface area contributed by atoms with Crippen LogP contribution in [0.1, 0.15) is 38.1 Å². The van der Waals surface area contributed by atoms with E-state index < -0.39 is 12.3 Å². The highest BCUT2D eigenvalue weighted by Crippen LogP contribution is 2.31. The Morgan fingerprint density at radius 3 is 2.53 bits per heavy atom. The molecule has 0 radical (unpaired) electrons. The summed E-state index contributed by atoms with van der Waals surface area (Å²) < 4.78 is 4.72. The molecule has 19 heavy (non-hydrogen) atoms. The molecule has 0 saturated heterocycles. The SMILES string of the molecule is O=C(c1ccccc1)c1cccc2c1C(=O)OC2O. The van der Waals surface area contributed by atoms with Crippen molar-refractivity contribution in [1.29, 1.82) is 0 Å². The van der Waals surface area contributed by atoms with E-state index in [1.165, 1.54) is 0 Å². The number of hydrogen-bond acceptors (Lipinski definition) is 4. The fourth-order valence-electron chi connectivity index (χ4n) is 2.16. The summed E-state index contributed by atoms with van der Waals surface area (Å²) in [7, 11) is 0. The number of ether oxygens (including phenoxy) is 1. The molecule has 4 nitrogen and oxygen atoms in total. The normalized spacial score (nSPS) is 16.9. The Kier molecular flexibility index (Phi) is 2.65. The van der Waals surface area contributed by atoms with Crippen LogP contribution in [0.4, 0.5) is 0 Å². The third-order valence-electron chi connectivity index (χ3n) is 3.07. The van der Waals surface area contributed by atoms with Crippen LogP contribution < -0.4 is 0 Å². The van der Waals surface area contributed by atoms with E-state index in [4.69, 9.17) is 4.74 Å². The quantitative estimate of drug-likeness (QED) is 0.658. The van der Waals surface area contributed by atoms with Gasteiger partial charge in [0, 0.05) is 16.7 Å². The lowest BCUT2D eigenvalue weighted by atomic mass is 9.95. The van der Waals surface area contributed by atoms with Crippen LogP contribution in [0, 0.1) is 0 Å². The molecule has 1 aliphatic rings. The van der Waals surface area contributed by atoms with Gasteiger partial charge in [-0.15, -0.1) is 0 Å². The topological polar surface area (TPSA) is 63.6 Å². The minimum Gasteiger partial charge on any atom is -0.428 e. The Morgan fingerprint density at radius 2 is 1.79 bits per heavy atom. The van der Waals surface area contributed by atoms with Gasteiger partial charge in [-0.1, -0.05) is 48.5 Å². The van der Waals surface area contributed by atoms with Crippen molar-refractivity contribution in [2.75, 3.05) is 0 Å². The van der Waals surface area contributed by atoms with E-state index in [0.717, 1.165) is 0 Å². The first kappa shape index (κ1) is 11.6. The summed E-state index contributed by atoms with van der Waals surface area (Å²) in [5, 5.41) is 9.57. The third kappa shape index (κ3) is 1.82. The maximum Gasteiger partial charge on any atom is 0.341 e. The Morgan fingerprint density at radius 1 is 1.05 bits per heavy atom. The number of esters is 1. The van der Waals surface area contributed by atoms with Crippen molar-refractivity contribution in [2.45, 2.75) is 6.29 Å². The first-order valence-electron chi connectivity index (χ1n) is 5.80. The second-order valence-electron chi connectivity index (χ2n) is 4.22. The lowest BCUT2D eigenvalue weighted by Gasteiger charge is -2.05. The van der Waals surface area contributed by atoms with Gasteiger partial charge in [-0.25, -0.2) is 4.79 Å². The van der Waals surface area contributed by atoms with Crippen molar-refractivity contribution in [3.63, 3.8) is 0 Å². The number of ketones is 1. The van der Waals surface area contributed by atoms with E-state index in [1.54, 1.807) is 42.5 Å². The van der Waals surface area contributed by atoms with Crippen molar-refractivity contribution in [1.82, 2.24) is 0 Å². The molecule has 2 aromatic rings. The van der Waals surface area contributed by atoms with Crippen molar-refractivity contribution in [3.05, 3.63) is 70.8 Å². The summed E-state index contributed by atoms with van der Waals surface area (Å²) in [6, 6.07) is 13.4. The minimum absolute atomic E-state index is 0.156. The van der Waals surface area contributed by atoms with Gasteiger partial charge in [0.25, 0.3) is 0 Å². The molecule has 0 amide bonds. The van der Waals surface area contributed by atoms with Gasteiger partial charge < -0.3 is 9.84 Å². The van der Waals surface area contributed by atoms with Gasteiger partial charge in [0.2, 0.25) is 6.29 Å². The van der Waals surface area contributed by atoms with Crippen LogP contribution in [0.2, 0.25) is 0 Å². The molecule has 0 aliphatic carbocycles. The largest absolute Gasteiger partial charge is 0.428 e. The van der Waals surface area contributed by atoms with Crippen LogP contribution in [-0.2, 0) is 4.74 Å². The Hall–Kier alpha value is -2.46. The van der Waals surface area contributed by atoms with Crippen LogP contribution in [0.15, 0.2) is 48.5 Å². The zero-order valence-corrected chi connectivity index (χ0v) is 9.87. The Labute approximate surface area is 109 Å². The number of fused-ring (bicyclic) bond motifs is 1. The molecule has 0 aromatic heterocycles. The molecule has 0 bridgehead atoms. The maximum atomic E-state index is 12.4. The summed E-state index contributed by atoms with van der Waals surface area (Å²) in [5.74, 6) is -0.925. The van der Waals surface area contributed by atoms with Gasteiger partial charge in [0.1, 0.15) is 0 Å². The fourth-order valence-corrected chi connectivity index (χ4v) is 2.16. The van der Waals surface area contributed by atoms with E-state index in [0.29, 0.717) is 11.1 Å². The second kappa shape index (κ2) is 4.33. The molecule has 1 heterocycles. The molecule has 94 valence electrons. The van der Waals surface area contributed by atoms with E-state index in [-0.39, 0.29) is 16.9 Å². The van der Waals surface area contributed by atoms with Crippen molar-refractivity contribution in [3.8, 4) is 0 Å². The number of benzene rings is 2. The van der Waals surface area contributed by atoms with Gasteiger partial charge in [-0.3, -0.25) is 4.79 Å². The summed E-state index contributed by atoms with van der Waals surface area (Å²) in [6.07, 6.45) is -1.29. The van der Waals surface area contributed by atoms with E-state index in [2.05, 4.69) is 0 Å². The van der Waals surface area contributed by atoms with Gasteiger partial charge in [0.15, 0.2) is 5.78 Å². The lowest BCUT2D eigenvalue weighted by molar-refractivity contribution is -0.0547. The summed E-state index contributed by atoms with van der Waals surface area (Å²) in [5.41, 5.74) is 1.24. The maximum absolute atomic E-state index is 12.4. The second-order valence-corrected chi connectivity index (χ2v) is 4.22. The molecular weight excluding hydrogens is 244 g/mol. The molecule has 0 saturated carbocycles. The molecular formula is C15H10O4. The van der Waals surface area contributed by atoms with Crippen LogP contribution in [-0.4, -0.2) is 16.9 Å². The van der Waals surface area contributed by atoms with Crippen LogP contribution >= 0.6 is 0 Å². The number of carbonyl (C=O) groups excluding carboxylic acids is 2. The summed E-state index contributed by atoms with van der Waals surface area (Å²) in [6.45, 7) is 0. The van der Waals surface area contributed by atoms with Crippen molar-refractivity contribution >= 4 is 11.8 Å². The van der Waals surface area contributed by atoms with Crippen LogP contribution in [0.5, 0.6) is 0 Å². The molecule has 2 aromatic carbocycles. The van der Waals surface area contributed by atoms with Crippen molar-refractivity contribution < 1.29 is 19.4 Å². The lowest BCUT2D eigenvalue weighted by Crippen LogP contribution is -2.08. The number of rotatable bonds is 2. The van der Waals surface area contributed by atoms with E-state index in [9.17, 15) is 14.7 Å². The average Bonchev–Trinajstić information content (AvgIpc) is 2.74. The fraction of sp³-hybridized carbons (Fsp3) is 0.0667. The van der Waals surface area contributed by atoms with Crippen LogP contribution in [0.3, 0.4) is 0 Å². The van der Waals surface area contributed by atoms with Gasteiger partial charge in [0.05, 0.1) is 5.56 Å². The molecule has 0 fully saturated rings. The highest BCUT2D eigenvalue weighted by molar-refractivity contribution is 6.15. The van der Waals surface area contributed by atoms with Gasteiger partial charge in [-0.05, 0) is 0 Å². The predicted molar refractivity (Wildman–Crippen MR) is 66.7 cm³/mol. The average molecular weight is 254 g/mol. The van der Waals surface area contributed by atoms with Crippen molar-refractivity contribution in [2.24, 2.45) is 0 Å². The smallest absolute Gasteiger partial charge is 0.341 e. The minimum atomic E-state index is -1.29. The first-order valence-corrected chi connectivity index (χ1v) is 5.80. The molecule has 1 aliphatic heterocycles. The molecule has 3 rings (SSSR count).